The van der Waals surface area contributed by atoms with Crippen LogP contribution in [0, 0.1) is 24.3 Å². The highest BCUT2D eigenvalue weighted by atomic mass is 127. The van der Waals surface area contributed by atoms with Crippen molar-refractivity contribution in [1.29, 1.82) is 0 Å². The minimum absolute atomic E-state index is 0.250. The summed E-state index contributed by atoms with van der Waals surface area (Å²) in [6, 6.07) is 50.9. The lowest BCUT2D eigenvalue weighted by Gasteiger charge is -2.14. The van der Waals surface area contributed by atoms with Gasteiger partial charge in [-0.25, -0.2) is 14.8 Å². The molecule has 6 aromatic carbocycles. The predicted molar refractivity (Wildman–Crippen MR) is 256 cm³/mol. The second-order valence-electron chi connectivity index (χ2n) is 15.5. The topological polar surface area (TPSA) is 123 Å². The summed E-state index contributed by atoms with van der Waals surface area (Å²) in [5, 5.41) is 2.25. The van der Waals surface area contributed by atoms with Crippen LogP contribution in [0.15, 0.2) is 152 Å². The maximum absolute atomic E-state index is 11.9. The van der Waals surface area contributed by atoms with E-state index in [2.05, 4.69) is 121 Å². The number of carbonyl (C=O) groups is 1. The molecule has 65 heavy (non-hydrogen) atoms. The minimum Gasteiger partial charge on any atom is -0.465 e. The van der Waals surface area contributed by atoms with E-state index in [1.807, 2.05) is 67.6 Å². The van der Waals surface area contributed by atoms with Gasteiger partial charge < -0.3 is 23.7 Å². The molecular weight excluding hydrogens is 932 g/mol. The first-order chi connectivity index (χ1) is 31.6. The van der Waals surface area contributed by atoms with Crippen molar-refractivity contribution in [3.05, 3.63) is 211 Å². The number of aryl methyl sites for hydroxylation is 3. The number of carbonyl (C=O) groups excluding carboxylic acids is 3. The van der Waals surface area contributed by atoms with Gasteiger partial charge in [-0.15, -0.1) is 0 Å². The molecule has 0 fully saturated rings. The lowest BCUT2D eigenvalue weighted by Crippen LogP contribution is -2.05. The zero-order valence-electron chi connectivity index (χ0n) is 36.5. The Kier molecular flexibility index (Phi) is 16.1. The van der Waals surface area contributed by atoms with Crippen molar-refractivity contribution in [2.45, 2.75) is 59.8 Å². The first kappa shape index (κ1) is 46.5. The van der Waals surface area contributed by atoms with Gasteiger partial charge in [0.05, 0.1) is 50.1 Å². The van der Waals surface area contributed by atoms with Gasteiger partial charge in [-0.05, 0) is 120 Å². The van der Waals surface area contributed by atoms with Gasteiger partial charge in [-0.1, -0.05) is 114 Å². The number of esters is 1. The van der Waals surface area contributed by atoms with Crippen LogP contribution in [-0.2, 0) is 59.7 Å². The van der Waals surface area contributed by atoms with E-state index in [-0.39, 0.29) is 18.4 Å². The van der Waals surface area contributed by atoms with E-state index >= 15 is 0 Å². The first-order valence-electron chi connectivity index (χ1n) is 20.9. The Labute approximate surface area is 391 Å². The molecule has 2 aliphatic rings. The van der Waals surface area contributed by atoms with Gasteiger partial charge >= 0.3 is 12.1 Å². The average Bonchev–Trinajstić information content (AvgIpc) is 3.91. The lowest BCUT2D eigenvalue weighted by atomic mass is 9.99. The van der Waals surface area contributed by atoms with Crippen LogP contribution < -0.4 is 0 Å². The van der Waals surface area contributed by atoms with Crippen molar-refractivity contribution in [2.75, 3.05) is 7.11 Å². The summed E-state index contributed by atoms with van der Waals surface area (Å²) < 4.78 is 29.9. The van der Waals surface area contributed by atoms with Crippen LogP contribution in [0.25, 0.3) is 32.9 Å². The largest absolute Gasteiger partial charge is 0.465 e. The number of rotatable bonds is 8. The Balaban J connectivity index is 0.000000164. The maximum atomic E-state index is 11.9. The second-order valence-corrected chi connectivity index (χ2v) is 16.8. The third-order valence-electron chi connectivity index (χ3n) is 10.5. The summed E-state index contributed by atoms with van der Waals surface area (Å²) in [5.74, 6) is -0.347. The number of para-hydroxylation sites is 2. The van der Waals surface area contributed by atoms with Gasteiger partial charge in [0.2, 0.25) is 12.6 Å². The van der Waals surface area contributed by atoms with Crippen molar-refractivity contribution in [3.8, 4) is 11.1 Å². The van der Waals surface area contributed by atoms with Gasteiger partial charge in [-0.3, -0.25) is 0 Å². The fourth-order valence-corrected chi connectivity index (χ4v) is 8.24. The van der Waals surface area contributed by atoms with Crippen molar-refractivity contribution < 1.29 is 38.1 Å². The fraction of sp³-hybridized carbons (Fsp3) is 0.185. The van der Waals surface area contributed by atoms with E-state index in [4.69, 9.17) is 43.2 Å². The van der Waals surface area contributed by atoms with Crippen LogP contribution >= 0.6 is 22.6 Å². The highest BCUT2D eigenvalue weighted by Gasteiger charge is 2.27. The van der Waals surface area contributed by atoms with E-state index in [1.165, 1.54) is 21.8 Å². The SMILES string of the molecule is COC(=O)c1cccc(-c2cc(C)cc(COC3OCc4cc5ccccc5nc43)c2)c1.Cc1cccc(COC2OCc3cc4ccccc4nc32)c1.Cc1cccc(I)c1.O=C=O. The monoisotopic (exact) mass is 978 g/mol. The van der Waals surface area contributed by atoms with Gasteiger partial charge in [0.1, 0.15) is 11.4 Å². The number of pyridine rings is 2. The molecule has 0 spiro atoms. The zero-order valence-corrected chi connectivity index (χ0v) is 38.6. The number of halogens is 1. The summed E-state index contributed by atoms with van der Waals surface area (Å²) in [6.07, 6.45) is -0.610. The molecule has 0 radical (unpaired) electrons. The lowest BCUT2D eigenvalue weighted by molar-refractivity contribution is -0.191. The number of methoxy groups -OCH3 is 1. The second kappa shape index (κ2) is 22.5. The molecule has 8 aromatic rings. The van der Waals surface area contributed by atoms with Crippen molar-refractivity contribution >= 4 is 56.5 Å². The van der Waals surface area contributed by atoms with E-state index in [0.29, 0.717) is 32.0 Å². The summed E-state index contributed by atoms with van der Waals surface area (Å²) in [4.78, 5) is 37.6. The molecule has 2 aromatic heterocycles. The number of aromatic nitrogens is 2. The molecule has 10 nitrogen and oxygen atoms in total. The molecule has 0 saturated heterocycles. The van der Waals surface area contributed by atoms with Crippen LogP contribution in [0.4, 0.5) is 0 Å². The Morgan fingerprint density at radius 3 is 1.69 bits per heavy atom. The van der Waals surface area contributed by atoms with E-state index in [9.17, 15) is 4.79 Å². The van der Waals surface area contributed by atoms with Gasteiger partial charge in [0.25, 0.3) is 0 Å². The normalized spacial score (nSPS) is 14.4. The molecule has 10 rings (SSSR count). The zero-order chi connectivity index (χ0) is 45.7. The standard InChI is InChI=1S/C27H23NO4.C19H17NO2.C7H7I.CO2/c1-17-10-18(12-22(11-17)19-7-5-8-21(13-19)26(29)30-2)15-31-27-25-23(16-32-27)14-20-6-3-4-9-24(20)28-25;1-13-5-4-6-14(9-13)11-21-19-18-16(12-22-19)10-15-7-2-3-8-17(15)20-18;1-6-3-2-4-7(8)5-6;2-1-3/h3-14,27H,15-16H2,1-2H3;2-10,19H,11-12H2,1H3;2-5H,1H3;. The molecule has 0 bridgehead atoms. The third kappa shape index (κ3) is 12.4. The molecule has 11 heteroatoms. The van der Waals surface area contributed by atoms with Gasteiger partial charge in [0.15, 0.2) is 0 Å². The number of benzene rings is 6. The average molecular weight is 979 g/mol. The summed E-state index contributed by atoms with van der Waals surface area (Å²) in [6.45, 7) is 8.21. The Hall–Kier alpha value is -6.44. The highest BCUT2D eigenvalue weighted by Crippen LogP contribution is 2.35. The first-order valence-corrected chi connectivity index (χ1v) is 22.0. The Bertz CT molecular complexity index is 2950. The molecule has 0 N–H and O–H groups in total. The summed E-state index contributed by atoms with van der Waals surface area (Å²) >= 11 is 2.31. The fourth-order valence-electron chi connectivity index (χ4n) is 7.54. The number of nitrogens with zero attached hydrogens (tertiary/aromatic N) is 2. The van der Waals surface area contributed by atoms with E-state index in [1.54, 1.807) is 6.07 Å². The number of hydrogen-bond acceptors (Lipinski definition) is 10. The van der Waals surface area contributed by atoms with Crippen LogP contribution in [-0.4, -0.2) is 29.2 Å². The van der Waals surface area contributed by atoms with Crippen molar-refractivity contribution in [2.24, 2.45) is 0 Å². The highest BCUT2D eigenvalue weighted by molar-refractivity contribution is 14.1. The van der Waals surface area contributed by atoms with Crippen LogP contribution in [0.5, 0.6) is 0 Å². The molecule has 328 valence electrons. The minimum atomic E-state index is -0.485. The molecule has 0 aliphatic carbocycles. The van der Waals surface area contributed by atoms with Crippen LogP contribution in [0.2, 0.25) is 0 Å². The molecule has 4 heterocycles. The van der Waals surface area contributed by atoms with Crippen LogP contribution in [0.1, 0.15) is 73.3 Å². The Morgan fingerprint density at radius 2 is 1.14 bits per heavy atom. The molecule has 0 amide bonds. The maximum Gasteiger partial charge on any atom is 0.373 e. The molecule has 2 aliphatic heterocycles. The van der Waals surface area contributed by atoms with Crippen molar-refractivity contribution in [1.82, 2.24) is 9.97 Å². The molecule has 2 atom stereocenters. The van der Waals surface area contributed by atoms with E-state index in [0.717, 1.165) is 72.1 Å². The summed E-state index contributed by atoms with van der Waals surface area (Å²) in [7, 11) is 1.39. The molecular formula is C54H47IN2O8. The molecule has 2 unspecified atom stereocenters. The number of hydrogen-bond donors (Lipinski definition) is 0. The molecule has 0 saturated carbocycles. The van der Waals surface area contributed by atoms with Gasteiger partial charge in [-0.2, -0.15) is 9.59 Å². The number of fused-ring (bicyclic) bond motifs is 4. The smallest absolute Gasteiger partial charge is 0.373 e. The van der Waals surface area contributed by atoms with Gasteiger partial charge in [0, 0.05) is 25.5 Å². The van der Waals surface area contributed by atoms with Crippen molar-refractivity contribution in [3.63, 3.8) is 0 Å². The predicted octanol–water partition coefficient (Wildman–Crippen LogP) is 12.0. The van der Waals surface area contributed by atoms with E-state index < -0.39 is 6.29 Å². The van der Waals surface area contributed by atoms with Crippen LogP contribution in [0.3, 0.4) is 0 Å². The number of ether oxygens (including phenoxy) is 5. The Morgan fingerprint density at radius 1 is 0.600 bits per heavy atom. The quantitative estimate of drug-likeness (QED) is 0.107. The summed E-state index contributed by atoms with van der Waals surface area (Å²) in [5.41, 5.74) is 14.2. The third-order valence-corrected chi connectivity index (χ3v) is 11.2.